The minimum absolute atomic E-state index is 0.394. The fraction of sp³-hybridized carbons (Fsp3) is 0.571. The van der Waals surface area contributed by atoms with Gasteiger partial charge in [0, 0.05) is 0 Å². The first kappa shape index (κ1) is 10.7. The highest BCUT2D eigenvalue weighted by Gasteiger charge is 2.57. The van der Waals surface area contributed by atoms with Gasteiger partial charge in [0.25, 0.3) is 0 Å². The van der Waals surface area contributed by atoms with Gasteiger partial charge >= 0.3 is 0 Å². The second-order valence-electron chi connectivity index (χ2n) is 5.45. The van der Waals surface area contributed by atoms with Crippen LogP contribution in [-0.2, 0) is 0 Å². The Morgan fingerprint density at radius 2 is 1.73 bits per heavy atom. The lowest BCUT2D eigenvalue weighted by molar-refractivity contribution is 0.558. The van der Waals surface area contributed by atoms with E-state index >= 15 is 0 Å². The third-order valence-corrected chi connectivity index (χ3v) is 4.16. The van der Waals surface area contributed by atoms with Gasteiger partial charge in [-0.2, -0.15) is 0 Å². The van der Waals surface area contributed by atoms with Gasteiger partial charge in [0.1, 0.15) is 0 Å². The molecule has 0 aliphatic heterocycles. The Morgan fingerprint density at radius 1 is 1.20 bits per heavy atom. The average Bonchev–Trinajstić information content (AvgIpc) is 2.68. The minimum Gasteiger partial charge on any atom is -0.330 e. The van der Waals surface area contributed by atoms with E-state index in [2.05, 4.69) is 45.9 Å². The van der Waals surface area contributed by atoms with Gasteiger partial charge in [-0.3, -0.25) is 0 Å². The molecule has 0 unspecified atom stereocenters. The van der Waals surface area contributed by atoms with E-state index in [0.29, 0.717) is 17.3 Å². The SMILES string of the molecule is Cc1cccc(C)c1[C@H]1[C@H](CN)C1(C)C. The predicted molar refractivity (Wildman–Crippen MR) is 65.0 cm³/mol. The number of hydrogen-bond donors (Lipinski definition) is 1. The van der Waals surface area contributed by atoms with Crippen molar-refractivity contribution in [1.29, 1.82) is 0 Å². The van der Waals surface area contributed by atoms with E-state index in [0.717, 1.165) is 6.54 Å². The molecule has 0 spiro atoms. The number of benzene rings is 1. The van der Waals surface area contributed by atoms with Crippen molar-refractivity contribution in [1.82, 2.24) is 0 Å². The van der Waals surface area contributed by atoms with E-state index in [1.807, 2.05) is 0 Å². The topological polar surface area (TPSA) is 26.0 Å². The summed E-state index contributed by atoms with van der Waals surface area (Å²) in [5, 5.41) is 0. The predicted octanol–water partition coefficient (Wildman–Crippen LogP) is 3.00. The van der Waals surface area contributed by atoms with Crippen molar-refractivity contribution in [2.24, 2.45) is 17.1 Å². The second kappa shape index (κ2) is 3.34. The van der Waals surface area contributed by atoms with Crippen LogP contribution in [0.3, 0.4) is 0 Å². The molecule has 0 heterocycles. The van der Waals surface area contributed by atoms with Crippen LogP contribution in [0.5, 0.6) is 0 Å². The van der Waals surface area contributed by atoms with E-state index in [1.54, 1.807) is 0 Å². The molecule has 1 aliphatic rings. The highest BCUT2D eigenvalue weighted by molar-refractivity contribution is 5.43. The van der Waals surface area contributed by atoms with Gasteiger partial charge in [-0.15, -0.1) is 0 Å². The molecule has 2 atom stereocenters. The van der Waals surface area contributed by atoms with Crippen LogP contribution in [0.25, 0.3) is 0 Å². The summed E-state index contributed by atoms with van der Waals surface area (Å²) >= 11 is 0. The van der Waals surface area contributed by atoms with Crippen LogP contribution in [0.15, 0.2) is 18.2 Å². The zero-order valence-electron chi connectivity index (χ0n) is 10.2. The third-order valence-electron chi connectivity index (χ3n) is 4.16. The summed E-state index contributed by atoms with van der Waals surface area (Å²) in [6, 6.07) is 6.57. The van der Waals surface area contributed by atoms with E-state index in [-0.39, 0.29) is 0 Å². The first-order chi connectivity index (χ1) is 7.00. The maximum Gasteiger partial charge on any atom is -0.00375 e. The fourth-order valence-electron chi connectivity index (χ4n) is 3.08. The Kier molecular flexibility index (Phi) is 2.38. The van der Waals surface area contributed by atoms with Gasteiger partial charge in [0.2, 0.25) is 0 Å². The molecule has 0 bridgehead atoms. The Labute approximate surface area is 92.7 Å². The molecule has 0 aromatic heterocycles. The summed E-state index contributed by atoms with van der Waals surface area (Å²) in [5.41, 5.74) is 10.6. The molecular weight excluding hydrogens is 182 g/mol. The molecule has 2 rings (SSSR count). The van der Waals surface area contributed by atoms with Crippen LogP contribution in [0.2, 0.25) is 0 Å². The average molecular weight is 203 g/mol. The Morgan fingerprint density at radius 3 is 2.13 bits per heavy atom. The van der Waals surface area contributed by atoms with Gasteiger partial charge in [-0.25, -0.2) is 0 Å². The summed E-state index contributed by atoms with van der Waals surface area (Å²) in [6.07, 6.45) is 0. The molecule has 0 amide bonds. The number of rotatable bonds is 2. The summed E-state index contributed by atoms with van der Waals surface area (Å²) in [7, 11) is 0. The minimum atomic E-state index is 0.394. The van der Waals surface area contributed by atoms with Gasteiger partial charge in [-0.1, -0.05) is 32.0 Å². The van der Waals surface area contributed by atoms with Crippen LogP contribution >= 0.6 is 0 Å². The molecule has 1 aromatic rings. The summed E-state index contributed by atoms with van der Waals surface area (Å²) < 4.78 is 0. The zero-order valence-corrected chi connectivity index (χ0v) is 10.2. The van der Waals surface area contributed by atoms with Crippen molar-refractivity contribution in [3.05, 3.63) is 34.9 Å². The van der Waals surface area contributed by atoms with Gasteiger partial charge in [-0.05, 0) is 54.3 Å². The van der Waals surface area contributed by atoms with Crippen molar-refractivity contribution < 1.29 is 0 Å². The maximum atomic E-state index is 5.84. The molecule has 0 radical (unpaired) electrons. The van der Waals surface area contributed by atoms with Gasteiger partial charge in [0.15, 0.2) is 0 Å². The normalized spacial score (nSPS) is 27.8. The van der Waals surface area contributed by atoms with Crippen LogP contribution in [0, 0.1) is 25.2 Å². The molecule has 1 saturated carbocycles. The monoisotopic (exact) mass is 203 g/mol. The van der Waals surface area contributed by atoms with E-state index in [9.17, 15) is 0 Å². The van der Waals surface area contributed by atoms with Gasteiger partial charge in [0.05, 0.1) is 0 Å². The highest BCUT2D eigenvalue weighted by atomic mass is 14.7. The van der Waals surface area contributed by atoms with E-state index in [4.69, 9.17) is 5.73 Å². The van der Waals surface area contributed by atoms with Crippen LogP contribution in [-0.4, -0.2) is 6.54 Å². The summed E-state index contributed by atoms with van der Waals surface area (Å²) in [6.45, 7) is 9.90. The number of nitrogens with two attached hydrogens (primary N) is 1. The molecule has 2 N–H and O–H groups in total. The lowest BCUT2D eigenvalue weighted by Crippen LogP contribution is -2.05. The molecule has 1 fully saturated rings. The highest BCUT2D eigenvalue weighted by Crippen LogP contribution is 2.64. The molecule has 82 valence electrons. The van der Waals surface area contributed by atoms with Crippen molar-refractivity contribution in [3.8, 4) is 0 Å². The molecule has 0 saturated heterocycles. The summed E-state index contributed by atoms with van der Waals surface area (Å²) in [4.78, 5) is 0. The fourth-order valence-corrected chi connectivity index (χ4v) is 3.08. The molecule has 1 heteroatoms. The van der Waals surface area contributed by atoms with Crippen molar-refractivity contribution in [3.63, 3.8) is 0 Å². The lowest BCUT2D eigenvalue weighted by Gasteiger charge is -2.10. The standard InChI is InChI=1S/C14H21N/c1-9-6-5-7-10(2)12(9)13-11(8-15)14(13,3)4/h5-7,11,13H,8,15H2,1-4H3/t11-,13+/m0/s1. The number of hydrogen-bond acceptors (Lipinski definition) is 1. The Bertz CT molecular complexity index is 359. The largest absolute Gasteiger partial charge is 0.330 e. The summed E-state index contributed by atoms with van der Waals surface area (Å²) in [5.74, 6) is 1.33. The van der Waals surface area contributed by atoms with Crippen molar-refractivity contribution in [2.75, 3.05) is 6.54 Å². The quantitative estimate of drug-likeness (QED) is 0.785. The smallest absolute Gasteiger partial charge is 0.00375 e. The van der Waals surface area contributed by atoms with E-state index < -0.39 is 0 Å². The van der Waals surface area contributed by atoms with E-state index in [1.165, 1.54) is 16.7 Å². The Balaban J connectivity index is 2.41. The zero-order chi connectivity index (χ0) is 11.2. The molecule has 1 aromatic carbocycles. The third kappa shape index (κ3) is 1.50. The second-order valence-corrected chi connectivity index (χ2v) is 5.45. The molecular formula is C14H21N. The molecule has 1 aliphatic carbocycles. The van der Waals surface area contributed by atoms with Crippen LogP contribution in [0.4, 0.5) is 0 Å². The van der Waals surface area contributed by atoms with Gasteiger partial charge < -0.3 is 5.73 Å². The molecule has 15 heavy (non-hydrogen) atoms. The number of aryl methyl sites for hydroxylation is 2. The van der Waals surface area contributed by atoms with Crippen molar-refractivity contribution >= 4 is 0 Å². The van der Waals surface area contributed by atoms with Crippen LogP contribution < -0.4 is 5.73 Å². The lowest BCUT2D eigenvalue weighted by atomic mass is 9.94. The first-order valence-electron chi connectivity index (χ1n) is 5.76. The Hall–Kier alpha value is -0.820. The maximum absolute atomic E-state index is 5.84. The molecule has 1 nitrogen and oxygen atoms in total. The first-order valence-corrected chi connectivity index (χ1v) is 5.76. The van der Waals surface area contributed by atoms with Crippen LogP contribution in [0.1, 0.15) is 36.5 Å². The van der Waals surface area contributed by atoms with Crippen molar-refractivity contribution in [2.45, 2.75) is 33.6 Å².